The highest BCUT2D eigenvalue weighted by atomic mass is 16.2. The molecule has 1 atom stereocenters. The summed E-state index contributed by atoms with van der Waals surface area (Å²) >= 11 is 0. The van der Waals surface area contributed by atoms with E-state index in [1.54, 1.807) is 17.1 Å². The largest absolute Gasteiger partial charge is 0.324 e. The van der Waals surface area contributed by atoms with Gasteiger partial charge >= 0.3 is 0 Å². The number of carbonyl (C=O) groups is 1. The average molecular weight is 333 g/mol. The van der Waals surface area contributed by atoms with Gasteiger partial charge in [0.05, 0.1) is 17.9 Å². The molecule has 1 aromatic carbocycles. The number of aryl methyl sites for hydroxylation is 1. The van der Waals surface area contributed by atoms with Crippen molar-refractivity contribution in [2.24, 2.45) is 0 Å². The van der Waals surface area contributed by atoms with Crippen LogP contribution in [0.3, 0.4) is 0 Å². The van der Waals surface area contributed by atoms with E-state index in [1.807, 2.05) is 48.2 Å². The second kappa shape index (κ2) is 6.12. The van der Waals surface area contributed by atoms with E-state index in [0.29, 0.717) is 12.4 Å². The highest BCUT2D eigenvalue weighted by Crippen LogP contribution is 2.33. The summed E-state index contributed by atoms with van der Waals surface area (Å²) in [4.78, 5) is 23.6. The maximum atomic E-state index is 12.9. The highest BCUT2D eigenvalue weighted by Gasteiger charge is 2.35. The minimum absolute atomic E-state index is 0.0563. The van der Waals surface area contributed by atoms with Crippen LogP contribution in [-0.2, 0) is 6.54 Å². The lowest BCUT2D eigenvalue weighted by molar-refractivity contribution is 0.0685. The Morgan fingerprint density at radius 2 is 2.04 bits per heavy atom. The van der Waals surface area contributed by atoms with Gasteiger partial charge in [0.1, 0.15) is 5.82 Å². The van der Waals surface area contributed by atoms with Crippen LogP contribution in [0.1, 0.15) is 47.0 Å². The lowest BCUT2D eigenvalue weighted by atomic mass is 10.1. The Morgan fingerprint density at radius 1 is 1.20 bits per heavy atom. The smallest absolute Gasteiger partial charge is 0.255 e. The Balaban J connectivity index is 1.75. The molecule has 1 amide bonds. The van der Waals surface area contributed by atoms with Crippen LogP contribution in [0.5, 0.6) is 0 Å². The number of nitrogens with zero attached hydrogens (tertiary/aromatic N) is 5. The molecule has 0 spiro atoms. The van der Waals surface area contributed by atoms with Gasteiger partial charge in [-0.3, -0.25) is 9.78 Å². The van der Waals surface area contributed by atoms with E-state index in [2.05, 4.69) is 22.0 Å². The molecule has 4 rings (SSSR count). The molecule has 0 bridgehead atoms. The Labute approximate surface area is 146 Å². The molecule has 3 heterocycles. The topological polar surface area (TPSA) is 63.9 Å². The van der Waals surface area contributed by atoms with Crippen LogP contribution in [0.25, 0.3) is 5.69 Å². The Morgan fingerprint density at radius 3 is 2.76 bits per heavy atom. The van der Waals surface area contributed by atoms with Crippen LogP contribution < -0.4 is 0 Å². The maximum absolute atomic E-state index is 12.9. The predicted octanol–water partition coefficient (Wildman–Crippen LogP) is 3.08. The lowest BCUT2D eigenvalue weighted by Crippen LogP contribution is -2.31. The van der Waals surface area contributed by atoms with E-state index < -0.39 is 0 Å². The first-order chi connectivity index (χ1) is 12.2. The summed E-state index contributed by atoms with van der Waals surface area (Å²) in [5.41, 5.74) is 2.70. The van der Waals surface area contributed by atoms with Crippen molar-refractivity contribution in [2.75, 3.05) is 0 Å². The summed E-state index contributed by atoms with van der Waals surface area (Å²) in [5.74, 6) is 1.51. The number of hydrogen-bond donors (Lipinski definition) is 0. The molecule has 0 saturated heterocycles. The molecule has 0 saturated carbocycles. The third kappa shape index (κ3) is 2.59. The molecule has 0 fully saturated rings. The third-order valence-electron chi connectivity index (χ3n) is 4.54. The van der Waals surface area contributed by atoms with Crippen LogP contribution in [0.4, 0.5) is 0 Å². The van der Waals surface area contributed by atoms with Crippen molar-refractivity contribution in [1.29, 1.82) is 0 Å². The fourth-order valence-electron chi connectivity index (χ4n) is 3.39. The van der Waals surface area contributed by atoms with Crippen molar-refractivity contribution in [2.45, 2.75) is 32.9 Å². The molecule has 6 nitrogen and oxygen atoms in total. The number of aromatic nitrogens is 4. The van der Waals surface area contributed by atoms with Crippen molar-refractivity contribution >= 4 is 5.91 Å². The number of benzene rings is 1. The first-order valence-electron chi connectivity index (χ1n) is 8.42. The minimum Gasteiger partial charge on any atom is -0.324 e. The van der Waals surface area contributed by atoms with Crippen molar-refractivity contribution in [3.8, 4) is 5.69 Å². The van der Waals surface area contributed by atoms with Gasteiger partial charge in [0, 0.05) is 18.3 Å². The van der Waals surface area contributed by atoms with Crippen LogP contribution in [0.15, 0.2) is 48.8 Å². The number of pyridine rings is 1. The normalized spacial score (nSPS) is 14.6. The molecule has 0 N–H and O–H groups in total. The standard InChI is InChI=1S/C19H19N5O/c1-3-17(23-12-14-7-4-5-9-16(14)19(23)25)18-21-13(2)22-24(18)15-8-6-10-20-11-15/h4-11,17H,3,12H2,1-2H3. The Hall–Kier alpha value is -3.02. The van der Waals surface area contributed by atoms with E-state index in [9.17, 15) is 4.79 Å². The first-order valence-corrected chi connectivity index (χ1v) is 8.42. The fraction of sp³-hybridized carbons (Fsp3) is 0.263. The zero-order valence-electron chi connectivity index (χ0n) is 14.3. The highest BCUT2D eigenvalue weighted by molar-refractivity contribution is 5.98. The number of rotatable bonds is 4. The second-order valence-electron chi connectivity index (χ2n) is 6.15. The molecule has 126 valence electrons. The molecular weight excluding hydrogens is 314 g/mol. The Bertz CT molecular complexity index is 919. The van der Waals surface area contributed by atoms with Gasteiger partial charge in [-0.2, -0.15) is 5.10 Å². The van der Waals surface area contributed by atoms with Gasteiger partial charge in [-0.05, 0) is 37.1 Å². The molecule has 25 heavy (non-hydrogen) atoms. The number of fused-ring (bicyclic) bond motifs is 1. The van der Waals surface area contributed by atoms with Crippen molar-refractivity contribution in [3.05, 3.63) is 71.6 Å². The van der Waals surface area contributed by atoms with Gasteiger partial charge in [0.2, 0.25) is 0 Å². The predicted molar refractivity (Wildman–Crippen MR) is 93.2 cm³/mol. The number of amides is 1. The monoisotopic (exact) mass is 333 g/mol. The lowest BCUT2D eigenvalue weighted by Gasteiger charge is -2.26. The van der Waals surface area contributed by atoms with Crippen LogP contribution in [-0.4, -0.2) is 30.6 Å². The molecule has 0 radical (unpaired) electrons. The van der Waals surface area contributed by atoms with Crippen molar-refractivity contribution < 1.29 is 4.79 Å². The van der Waals surface area contributed by atoms with E-state index in [4.69, 9.17) is 0 Å². The first kappa shape index (κ1) is 15.5. The molecule has 1 aliphatic heterocycles. The maximum Gasteiger partial charge on any atom is 0.255 e. The summed E-state index contributed by atoms with van der Waals surface area (Å²) < 4.78 is 1.80. The summed E-state index contributed by atoms with van der Waals surface area (Å²) in [6, 6.07) is 11.5. The van der Waals surface area contributed by atoms with Crippen LogP contribution >= 0.6 is 0 Å². The van der Waals surface area contributed by atoms with Gasteiger partial charge < -0.3 is 4.90 Å². The number of hydrogen-bond acceptors (Lipinski definition) is 4. The zero-order valence-corrected chi connectivity index (χ0v) is 14.3. The zero-order chi connectivity index (χ0) is 17.4. The van der Waals surface area contributed by atoms with E-state index in [-0.39, 0.29) is 11.9 Å². The molecular formula is C19H19N5O. The summed E-state index contributed by atoms with van der Waals surface area (Å²) in [5, 5.41) is 4.52. The van der Waals surface area contributed by atoms with E-state index in [1.165, 1.54) is 0 Å². The third-order valence-corrected chi connectivity index (χ3v) is 4.54. The summed E-state index contributed by atoms with van der Waals surface area (Å²) in [6.07, 6.45) is 4.24. The van der Waals surface area contributed by atoms with Gasteiger partial charge in [-0.15, -0.1) is 0 Å². The summed E-state index contributed by atoms with van der Waals surface area (Å²) in [6.45, 7) is 4.54. The number of carbonyl (C=O) groups excluding carboxylic acids is 1. The average Bonchev–Trinajstić information content (AvgIpc) is 3.18. The van der Waals surface area contributed by atoms with Gasteiger partial charge in [-0.1, -0.05) is 25.1 Å². The van der Waals surface area contributed by atoms with Gasteiger partial charge in [-0.25, -0.2) is 9.67 Å². The van der Waals surface area contributed by atoms with Crippen molar-refractivity contribution in [3.63, 3.8) is 0 Å². The summed E-state index contributed by atoms with van der Waals surface area (Å²) in [7, 11) is 0. The fourth-order valence-corrected chi connectivity index (χ4v) is 3.39. The SMILES string of the molecule is CCC(c1nc(C)nn1-c1cccnc1)N1Cc2ccccc2C1=O. The Kier molecular flexibility index (Phi) is 3.80. The molecule has 3 aromatic rings. The van der Waals surface area contributed by atoms with E-state index in [0.717, 1.165) is 29.1 Å². The molecule has 6 heteroatoms. The van der Waals surface area contributed by atoms with Crippen LogP contribution in [0, 0.1) is 6.92 Å². The second-order valence-corrected chi connectivity index (χ2v) is 6.15. The van der Waals surface area contributed by atoms with Crippen molar-refractivity contribution in [1.82, 2.24) is 24.6 Å². The minimum atomic E-state index is -0.138. The molecule has 1 aliphatic rings. The van der Waals surface area contributed by atoms with Gasteiger partial charge in [0.15, 0.2) is 5.82 Å². The van der Waals surface area contributed by atoms with Crippen LogP contribution in [0.2, 0.25) is 0 Å². The quantitative estimate of drug-likeness (QED) is 0.736. The van der Waals surface area contributed by atoms with E-state index >= 15 is 0 Å². The van der Waals surface area contributed by atoms with Gasteiger partial charge in [0.25, 0.3) is 5.91 Å². The molecule has 0 aliphatic carbocycles. The molecule has 2 aromatic heterocycles. The molecule has 1 unspecified atom stereocenters.